The van der Waals surface area contributed by atoms with Crippen molar-refractivity contribution >= 4 is 23.4 Å². The summed E-state index contributed by atoms with van der Waals surface area (Å²) >= 11 is 5.64. The molecule has 1 aliphatic heterocycles. The highest BCUT2D eigenvalue weighted by Crippen LogP contribution is 2.16. The predicted octanol–water partition coefficient (Wildman–Crippen LogP) is 2.53. The standard InChI is InChI=1S/C13H17ClN2O2/c1-11(14)18-13(17)16-9-7-15(8-10-16)12-5-3-2-4-6-12/h2-6,11H,7-10H2,1H3. The number of alkyl halides is 1. The van der Waals surface area contributed by atoms with Gasteiger partial charge in [-0.05, 0) is 19.1 Å². The average Bonchev–Trinajstić information content (AvgIpc) is 2.39. The number of rotatable bonds is 2. The number of nitrogens with zero attached hydrogens (tertiary/aromatic N) is 2. The van der Waals surface area contributed by atoms with Gasteiger partial charge in [-0.15, -0.1) is 0 Å². The van der Waals surface area contributed by atoms with Crippen LogP contribution >= 0.6 is 11.6 Å². The third kappa shape index (κ3) is 3.29. The maximum Gasteiger partial charge on any atom is 0.411 e. The van der Waals surface area contributed by atoms with Crippen molar-refractivity contribution in [3.63, 3.8) is 0 Å². The van der Waals surface area contributed by atoms with Gasteiger partial charge >= 0.3 is 6.09 Å². The SMILES string of the molecule is CC(Cl)OC(=O)N1CCN(c2ccccc2)CC1. The van der Waals surface area contributed by atoms with E-state index in [-0.39, 0.29) is 6.09 Å². The molecule has 0 saturated carbocycles. The number of hydrogen-bond acceptors (Lipinski definition) is 3. The summed E-state index contributed by atoms with van der Waals surface area (Å²) in [6, 6.07) is 10.2. The molecule has 1 amide bonds. The number of ether oxygens (including phenoxy) is 1. The van der Waals surface area contributed by atoms with E-state index >= 15 is 0 Å². The number of amides is 1. The van der Waals surface area contributed by atoms with Crippen LogP contribution in [0.25, 0.3) is 0 Å². The Morgan fingerprint density at radius 3 is 2.39 bits per heavy atom. The van der Waals surface area contributed by atoms with E-state index < -0.39 is 5.56 Å². The van der Waals surface area contributed by atoms with Gasteiger partial charge in [0, 0.05) is 31.9 Å². The van der Waals surface area contributed by atoms with E-state index in [1.54, 1.807) is 11.8 Å². The van der Waals surface area contributed by atoms with Gasteiger partial charge in [0.05, 0.1) is 0 Å². The lowest BCUT2D eigenvalue weighted by Crippen LogP contribution is -2.49. The van der Waals surface area contributed by atoms with Gasteiger partial charge < -0.3 is 14.5 Å². The monoisotopic (exact) mass is 268 g/mol. The molecule has 18 heavy (non-hydrogen) atoms. The Kier molecular flexibility index (Phi) is 4.31. The van der Waals surface area contributed by atoms with Crippen LogP contribution in [-0.4, -0.2) is 42.7 Å². The summed E-state index contributed by atoms with van der Waals surface area (Å²) in [6.07, 6.45) is -0.329. The molecule has 98 valence electrons. The van der Waals surface area contributed by atoms with Crippen LogP contribution < -0.4 is 4.90 Å². The Morgan fingerprint density at radius 2 is 1.83 bits per heavy atom. The topological polar surface area (TPSA) is 32.8 Å². The molecule has 0 radical (unpaired) electrons. The van der Waals surface area contributed by atoms with Crippen LogP contribution in [0.15, 0.2) is 30.3 Å². The molecule has 1 heterocycles. The van der Waals surface area contributed by atoms with E-state index in [1.165, 1.54) is 5.69 Å². The number of benzene rings is 1. The zero-order valence-electron chi connectivity index (χ0n) is 10.4. The molecular weight excluding hydrogens is 252 g/mol. The summed E-state index contributed by atoms with van der Waals surface area (Å²) in [5.41, 5.74) is 0.612. The van der Waals surface area contributed by atoms with Gasteiger partial charge in [0.2, 0.25) is 0 Å². The molecule has 1 fully saturated rings. The average molecular weight is 269 g/mol. The van der Waals surface area contributed by atoms with Gasteiger partial charge in [-0.2, -0.15) is 0 Å². The van der Waals surface area contributed by atoms with Gasteiger partial charge in [-0.3, -0.25) is 0 Å². The van der Waals surface area contributed by atoms with E-state index in [4.69, 9.17) is 16.3 Å². The fourth-order valence-electron chi connectivity index (χ4n) is 2.00. The van der Waals surface area contributed by atoms with E-state index in [0.717, 1.165) is 13.1 Å². The summed E-state index contributed by atoms with van der Waals surface area (Å²) in [6.45, 7) is 4.60. The van der Waals surface area contributed by atoms with Gasteiger partial charge in [-0.25, -0.2) is 4.79 Å². The summed E-state index contributed by atoms with van der Waals surface area (Å²) in [5, 5.41) is 0. The summed E-state index contributed by atoms with van der Waals surface area (Å²) in [5.74, 6) is 0. The maximum absolute atomic E-state index is 11.7. The molecule has 0 bridgehead atoms. The van der Waals surface area contributed by atoms with Crippen LogP contribution in [0, 0.1) is 0 Å². The zero-order valence-corrected chi connectivity index (χ0v) is 11.1. The molecule has 0 aliphatic carbocycles. The fraction of sp³-hybridized carbons (Fsp3) is 0.462. The smallest absolute Gasteiger partial charge is 0.411 e. The first kappa shape index (κ1) is 13.0. The Labute approximate surface area is 112 Å². The molecule has 0 spiro atoms. The quantitative estimate of drug-likeness (QED) is 0.773. The van der Waals surface area contributed by atoms with Crippen molar-refractivity contribution in [2.75, 3.05) is 31.1 Å². The largest absolute Gasteiger partial charge is 0.430 e. The summed E-state index contributed by atoms with van der Waals surface area (Å²) in [7, 11) is 0. The normalized spacial score (nSPS) is 17.4. The van der Waals surface area contributed by atoms with Crippen molar-refractivity contribution in [3.05, 3.63) is 30.3 Å². The molecule has 2 rings (SSSR count). The minimum Gasteiger partial charge on any atom is -0.430 e. The van der Waals surface area contributed by atoms with E-state index in [1.807, 2.05) is 18.2 Å². The molecule has 1 aromatic rings. The molecule has 1 aliphatic rings. The second-order valence-electron chi connectivity index (χ2n) is 4.24. The van der Waals surface area contributed by atoms with Gasteiger partial charge in [0.25, 0.3) is 0 Å². The molecule has 5 heteroatoms. The van der Waals surface area contributed by atoms with Crippen molar-refractivity contribution in [1.82, 2.24) is 4.90 Å². The Hall–Kier alpha value is -1.42. The lowest BCUT2D eigenvalue weighted by molar-refractivity contribution is 0.0938. The van der Waals surface area contributed by atoms with Crippen LogP contribution in [0.4, 0.5) is 10.5 Å². The fourth-order valence-corrected chi connectivity index (χ4v) is 2.08. The van der Waals surface area contributed by atoms with Crippen molar-refractivity contribution in [3.8, 4) is 0 Å². The highest BCUT2D eigenvalue weighted by atomic mass is 35.5. The van der Waals surface area contributed by atoms with E-state index in [0.29, 0.717) is 13.1 Å². The van der Waals surface area contributed by atoms with Gasteiger partial charge in [0.1, 0.15) is 0 Å². The Bertz CT molecular complexity index is 389. The van der Waals surface area contributed by atoms with Crippen molar-refractivity contribution < 1.29 is 9.53 Å². The second kappa shape index (κ2) is 5.96. The minimum atomic E-state index is -0.579. The summed E-state index contributed by atoms with van der Waals surface area (Å²) < 4.78 is 4.96. The molecule has 0 N–H and O–H groups in total. The van der Waals surface area contributed by atoms with Crippen molar-refractivity contribution in [2.45, 2.75) is 12.5 Å². The Morgan fingerprint density at radius 1 is 1.22 bits per heavy atom. The highest BCUT2D eigenvalue weighted by molar-refractivity contribution is 6.19. The predicted molar refractivity (Wildman–Crippen MR) is 72.0 cm³/mol. The number of hydrogen-bond donors (Lipinski definition) is 0. The third-order valence-corrected chi connectivity index (χ3v) is 3.01. The first-order chi connectivity index (χ1) is 8.66. The third-order valence-electron chi connectivity index (χ3n) is 2.92. The number of piperazine rings is 1. The lowest BCUT2D eigenvalue weighted by atomic mass is 10.2. The summed E-state index contributed by atoms with van der Waals surface area (Å²) in [4.78, 5) is 15.6. The van der Waals surface area contributed by atoms with Gasteiger partial charge in [-0.1, -0.05) is 29.8 Å². The highest BCUT2D eigenvalue weighted by Gasteiger charge is 2.22. The first-order valence-corrected chi connectivity index (χ1v) is 6.50. The number of anilines is 1. The van der Waals surface area contributed by atoms with Crippen molar-refractivity contribution in [2.24, 2.45) is 0 Å². The van der Waals surface area contributed by atoms with Crippen LogP contribution in [0.3, 0.4) is 0 Å². The molecule has 1 unspecified atom stereocenters. The second-order valence-corrected chi connectivity index (χ2v) is 4.85. The Balaban J connectivity index is 1.87. The number of carbonyl (C=O) groups is 1. The van der Waals surface area contributed by atoms with Crippen LogP contribution in [0.5, 0.6) is 0 Å². The minimum absolute atomic E-state index is 0.329. The number of para-hydroxylation sites is 1. The van der Waals surface area contributed by atoms with Crippen LogP contribution in [0.1, 0.15) is 6.92 Å². The van der Waals surface area contributed by atoms with Crippen LogP contribution in [-0.2, 0) is 4.74 Å². The molecule has 0 aromatic heterocycles. The maximum atomic E-state index is 11.7. The lowest BCUT2D eigenvalue weighted by Gasteiger charge is -2.35. The molecule has 1 aromatic carbocycles. The molecular formula is C13H17ClN2O2. The van der Waals surface area contributed by atoms with Crippen LogP contribution in [0.2, 0.25) is 0 Å². The first-order valence-electron chi connectivity index (χ1n) is 6.06. The van der Waals surface area contributed by atoms with Gasteiger partial charge in [0.15, 0.2) is 5.56 Å². The molecule has 1 atom stereocenters. The molecule has 1 saturated heterocycles. The zero-order chi connectivity index (χ0) is 13.0. The number of halogens is 1. The van der Waals surface area contributed by atoms with E-state index in [2.05, 4.69) is 17.0 Å². The molecule has 4 nitrogen and oxygen atoms in total. The van der Waals surface area contributed by atoms with Crippen molar-refractivity contribution in [1.29, 1.82) is 0 Å². The number of carbonyl (C=O) groups excluding carboxylic acids is 1. The van der Waals surface area contributed by atoms with E-state index in [9.17, 15) is 4.79 Å².